The number of nitrogen functional groups attached to an aromatic ring is 1. The standard InChI is InChI=1S/C27H33N3O2/c1-17-11-23(29-24(28)12-17)19-10-8-9-18(13-19)16-30(32)20-14-21(26(2,3)4)25(31)22(15-20)27(5,6)7/h8-16H,1-7H3,(H3-,28,29,31,32)/p+1/b30-16-. The Morgan fingerprint density at radius 2 is 1.50 bits per heavy atom. The summed E-state index contributed by atoms with van der Waals surface area (Å²) >= 11 is 0. The van der Waals surface area contributed by atoms with E-state index in [4.69, 9.17) is 5.73 Å². The van der Waals surface area contributed by atoms with Gasteiger partial charge in [-0.15, -0.1) is 0 Å². The molecule has 0 aliphatic carbocycles. The van der Waals surface area contributed by atoms with Gasteiger partial charge in [-0.25, -0.2) is 4.98 Å². The van der Waals surface area contributed by atoms with Gasteiger partial charge in [-0.1, -0.05) is 53.7 Å². The summed E-state index contributed by atoms with van der Waals surface area (Å²) in [6.07, 6.45) is 1.66. The van der Waals surface area contributed by atoms with Crippen molar-refractivity contribution in [2.75, 3.05) is 5.73 Å². The lowest BCUT2D eigenvalue weighted by molar-refractivity contribution is -0.709. The number of pyridine rings is 1. The summed E-state index contributed by atoms with van der Waals surface area (Å²) < 4.78 is 1.11. The minimum atomic E-state index is -0.280. The van der Waals surface area contributed by atoms with Crippen LogP contribution >= 0.6 is 0 Å². The fourth-order valence-electron chi connectivity index (χ4n) is 3.73. The Hall–Kier alpha value is -3.34. The molecule has 5 heteroatoms. The van der Waals surface area contributed by atoms with E-state index in [0.29, 0.717) is 11.5 Å². The van der Waals surface area contributed by atoms with Crippen molar-refractivity contribution in [1.82, 2.24) is 4.98 Å². The van der Waals surface area contributed by atoms with Crippen molar-refractivity contribution in [1.29, 1.82) is 0 Å². The first-order valence-corrected chi connectivity index (χ1v) is 10.8. The van der Waals surface area contributed by atoms with Crippen molar-refractivity contribution in [2.45, 2.75) is 59.3 Å². The normalized spacial score (nSPS) is 12.8. The Bertz CT molecular complexity index is 1130. The molecule has 0 atom stereocenters. The summed E-state index contributed by atoms with van der Waals surface area (Å²) in [5.74, 6) is 0.763. The van der Waals surface area contributed by atoms with Gasteiger partial charge in [-0.3, -0.25) is 5.21 Å². The van der Waals surface area contributed by atoms with Crippen molar-refractivity contribution >= 4 is 17.7 Å². The Kier molecular flexibility index (Phi) is 6.05. The van der Waals surface area contributed by atoms with Gasteiger partial charge in [0, 0.05) is 39.1 Å². The van der Waals surface area contributed by atoms with Gasteiger partial charge >= 0.3 is 0 Å². The van der Waals surface area contributed by atoms with Crippen LogP contribution < -0.4 is 5.73 Å². The second-order valence-electron chi connectivity index (χ2n) is 10.4. The van der Waals surface area contributed by atoms with E-state index in [1.807, 2.05) is 97.0 Å². The van der Waals surface area contributed by atoms with E-state index in [-0.39, 0.29) is 16.6 Å². The Morgan fingerprint density at radius 3 is 2.03 bits per heavy atom. The Balaban J connectivity index is 2.09. The summed E-state index contributed by atoms with van der Waals surface area (Å²) in [6.45, 7) is 14.3. The number of phenolic OH excluding ortho intramolecular Hbond substituents is 1. The first-order chi connectivity index (χ1) is 14.8. The van der Waals surface area contributed by atoms with Crippen LogP contribution in [0.15, 0.2) is 48.5 Å². The predicted octanol–water partition coefficient (Wildman–Crippen LogP) is 6.09. The first-order valence-electron chi connectivity index (χ1n) is 10.8. The lowest BCUT2D eigenvalue weighted by Crippen LogP contribution is -2.18. The van der Waals surface area contributed by atoms with E-state index >= 15 is 0 Å². The second kappa shape index (κ2) is 8.30. The van der Waals surface area contributed by atoms with Crippen LogP contribution in [0.1, 0.15) is 63.8 Å². The molecule has 1 heterocycles. The molecule has 0 unspecified atom stereocenters. The van der Waals surface area contributed by atoms with Gasteiger partial charge in [0.2, 0.25) is 6.21 Å². The number of hydrogen-bond donors (Lipinski definition) is 3. The number of nitrogens with two attached hydrogens (primary N) is 1. The van der Waals surface area contributed by atoms with Gasteiger partial charge in [0.25, 0.3) is 5.69 Å². The average molecular weight is 433 g/mol. The molecule has 0 saturated heterocycles. The van der Waals surface area contributed by atoms with E-state index < -0.39 is 0 Å². The number of aryl methyl sites for hydroxylation is 1. The summed E-state index contributed by atoms with van der Waals surface area (Å²) in [5, 5.41) is 21.9. The second-order valence-corrected chi connectivity index (χ2v) is 10.4. The van der Waals surface area contributed by atoms with Gasteiger partial charge in [-0.05, 0) is 47.6 Å². The molecule has 3 rings (SSSR count). The van der Waals surface area contributed by atoms with E-state index in [1.165, 1.54) is 0 Å². The number of phenols is 1. The molecule has 168 valence electrons. The largest absolute Gasteiger partial charge is 0.507 e. The molecule has 32 heavy (non-hydrogen) atoms. The highest BCUT2D eigenvalue weighted by Gasteiger charge is 2.29. The summed E-state index contributed by atoms with van der Waals surface area (Å²) in [6, 6.07) is 15.3. The molecule has 0 aliphatic heterocycles. The van der Waals surface area contributed by atoms with Crippen molar-refractivity contribution < 1.29 is 15.1 Å². The molecule has 3 aromatic rings. The maximum absolute atomic E-state index is 11.0. The van der Waals surface area contributed by atoms with Gasteiger partial charge in [0.15, 0.2) is 0 Å². The number of rotatable bonds is 3. The minimum Gasteiger partial charge on any atom is -0.507 e. The van der Waals surface area contributed by atoms with Crippen LogP contribution in [-0.4, -0.2) is 26.3 Å². The molecule has 2 aromatic carbocycles. The topological polar surface area (TPSA) is 82.4 Å². The highest BCUT2D eigenvalue weighted by molar-refractivity contribution is 5.79. The Labute approximate surface area is 190 Å². The molecule has 0 fully saturated rings. The molecular formula is C27H34N3O2+. The smallest absolute Gasteiger partial charge is 0.258 e. The van der Waals surface area contributed by atoms with E-state index in [0.717, 1.165) is 38.3 Å². The zero-order valence-electron chi connectivity index (χ0n) is 20.1. The molecule has 5 nitrogen and oxygen atoms in total. The molecule has 0 radical (unpaired) electrons. The summed E-state index contributed by atoms with van der Waals surface area (Å²) in [5.41, 5.74) is 11.1. The number of anilines is 1. The predicted molar refractivity (Wildman–Crippen MR) is 131 cm³/mol. The number of hydrogen-bond acceptors (Lipinski definition) is 4. The van der Waals surface area contributed by atoms with Crippen LogP contribution in [0.25, 0.3) is 11.3 Å². The van der Waals surface area contributed by atoms with E-state index in [2.05, 4.69) is 4.98 Å². The van der Waals surface area contributed by atoms with Gasteiger partial charge < -0.3 is 10.8 Å². The van der Waals surface area contributed by atoms with Crippen LogP contribution in [-0.2, 0) is 10.8 Å². The van der Waals surface area contributed by atoms with Crippen LogP contribution in [0.3, 0.4) is 0 Å². The maximum Gasteiger partial charge on any atom is 0.258 e. The molecule has 4 N–H and O–H groups in total. The molecule has 0 bridgehead atoms. The maximum atomic E-state index is 11.0. The quantitative estimate of drug-likeness (QED) is 0.202. The molecule has 0 spiro atoms. The minimum absolute atomic E-state index is 0.280. The SMILES string of the molecule is Cc1cc(N)nc(-c2cccc(/C=[N+](\O)c3cc(C(C)(C)C)c(O)c(C(C)(C)C)c3)c2)c1. The van der Waals surface area contributed by atoms with Crippen LogP contribution in [0.4, 0.5) is 11.5 Å². The third kappa shape index (κ3) is 5.10. The van der Waals surface area contributed by atoms with Crippen molar-refractivity contribution in [2.24, 2.45) is 0 Å². The fourth-order valence-corrected chi connectivity index (χ4v) is 3.73. The number of nitrogens with zero attached hydrogens (tertiary/aromatic N) is 2. The highest BCUT2D eigenvalue weighted by atomic mass is 16.5. The molecule has 0 aliphatic rings. The van der Waals surface area contributed by atoms with Crippen LogP contribution in [0.2, 0.25) is 0 Å². The lowest BCUT2D eigenvalue weighted by atomic mass is 9.79. The highest BCUT2D eigenvalue weighted by Crippen LogP contribution is 2.41. The third-order valence-electron chi connectivity index (χ3n) is 5.42. The lowest BCUT2D eigenvalue weighted by Gasteiger charge is -2.26. The first kappa shape index (κ1) is 23.3. The monoisotopic (exact) mass is 432 g/mol. The van der Waals surface area contributed by atoms with Crippen LogP contribution in [0, 0.1) is 6.92 Å². The van der Waals surface area contributed by atoms with E-state index in [9.17, 15) is 10.3 Å². The van der Waals surface area contributed by atoms with Crippen LogP contribution in [0.5, 0.6) is 5.75 Å². The fraction of sp³-hybridized carbons (Fsp3) is 0.333. The number of aromatic hydroxyl groups is 1. The van der Waals surface area contributed by atoms with Gasteiger partial charge in [0.1, 0.15) is 11.6 Å². The molecule has 0 saturated carbocycles. The molecular weight excluding hydrogens is 398 g/mol. The number of aromatic nitrogens is 1. The number of benzene rings is 2. The van der Waals surface area contributed by atoms with E-state index in [1.54, 1.807) is 6.21 Å². The third-order valence-corrected chi connectivity index (χ3v) is 5.42. The zero-order valence-corrected chi connectivity index (χ0v) is 20.1. The van der Waals surface area contributed by atoms with Crippen molar-refractivity contribution in [3.8, 4) is 17.0 Å². The summed E-state index contributed by atoms with van der Waals surface area (Å²) in [4.78, 5) is 4.43. The molecule has 1 aromatic heterocycles. The van der Waals surface area contributed by atoms with Gasteiger partial charge in [0.05, 0.1) is 5.69 Å². The van der Waals surface area contributed by atoms with Gasteiger partial charge in [-0.2, -0.15) is 0 Å². The Morgan fingerprint density at radius 1 is 0.906 bits per heavy atom. The molecule has 0 amide bonds. The summed E-state index contributed by atoms with van der Waals surface area (Å²) in [7, 11) is 0. The van der Waals surface area contributed by atoms with Crippen molar-refractivity contribution in [3.05, 3.63) is 70.8 Å². The zero-order chi connectivity index (χ0) is 23.8. The average Bonchev–Trinajstić information content (AvgIpc) is 2.65. The van der Waals surface area contributed by atoms with Crippen molar-refractivity contribution in [3.63, 3.8) is 0 Å².